The minimum absolute atomic E-state index is 0.307. The summed E-state index contributed by atoms with van der Waals surface area (Å²) in [6, 6.07) is 8.97. The molecule has 0 amide bonds. The molecule has 1 aromatic carbocycles. The molecule has 2 rings (SSSR count). The lowest BCUT2D eigenvalue weighted by Crippen LogP contribution is -2.52. The summed E-state index contributed by atoms with van der Waals surface area (Å²) in [5, 5.41) is 3.57. The van der Waals surface area contributed by atoms with Crippen LogP contribution in [0.5, 0.6) is 0 Å². The molecule has 2 nitrogen and oxygen atoms in total. The summed E-state index contributed by atoms with van der Waals surface area (Å²) in [6.45, 7) is 4.55. The number of hydrogen-bond acceptors (Lipinski definition) is 2. The second kappa shape index (κ2) is 5.19. The standard InChI is InChI=1S/C15H24N2/c1-13-4-6-14(7-5-13)12-15(16-2)8-10-17(3)11-9-15/h4-7,16H,8-12H2,1-3H3. The van der Waals surface area contributed by atoms with Crippen molar-refractivity contribution in [3.63, 3.8) is 0 Å². The van der Waals surface area contributed by atoms with Gasteiger partial charge in [-0.1, -0.05) is 29.8 Å². The number of benzene rings is 1. The maximum absolute atomic E-state index is 3.57. The van der Waals surface area contributed by atoms with Crippen LogP contribution in [0.1, 0.15) is 24.0 Å². The summed E-state index contributed by atoms with van der Waals surface area (Å²) in [7, 11) is 4.32. The van der Waals surface area contributed by atoms with E-state index in [-0.39, 0.29) is 0 Å². The van der Waals surface area contributed by atoms with Crippen molar-refractivity contribution in [1.82, 2.24) is 10.2 Å². The third kappa shape index (κ3) is 3.08. The van der Waals surface area contributed by atoms with Gasteiger partial charge in [-0.15, -0.1) is 0 Å². The van der Waals surface area contributed by atoms with Gasteiger partial charge < -0.3 is 10.2 Å². The lowest BCUT2D eigenvalue weighted by molar-refractivity contribution is 0.163. The molecule has 0 radical (unpaired) electrons. The third-order valence-electron chi connectivity index (χ3n) is 4.14. The first-order valence-electron chi connectivity index (χ1n) is 6.57. The number of aryl methyl sites for hydroxylation is 1. The van der Waals surface area contributed by atoms with Gasteiger partial charge in [-0.2, -0.15) is 0 Å². The molecule has 1 saturated heterocycles. The van der Waals surface area contributed by atoms with Crippen molar-refractivity contribution in [1.29, 1.82) is 0 Å². The van der Waals surface area contributed by atoms with Gasteiger partial charge in [-0.25, -0.2) is 0 Å². The first-order valence-corrected chi connectivity index (χ1v) is 6.57. The molecule has 1 N–H and O–H groups in total. The van der Waals surface area contributed by atoms with Crippen molar-refractivity contribution in [2.45, 2.75) is 31.7 Å². The molecule has 94 valence electrons. The molecule has 1 aromatic rings. The third-order valence-corrected chi connectivity index (χ3v) is 4.14. The number of rotatable bonds is 3. The first-order chi connectivity index (χ1) is 8.13. The number of piperidine rings is 1. The second-order valence-corrected chi connectivity index (χ2v) is 5.50. The molecular formula is C15H24N2. The lowest BCUT2D eigenvalue weighted by Gasteiger charge is -2.41. The van der Waals surface area contributed by atoms with Gasteiger partial charge in [0.25, 0.3) is 0 Å². The molecule has 17 heavy (non-hydrogen) atoms. The predicted molar refractivity (Wildman–Crippen MR) is 73.4 cm³/mol. The maximum Gasteiger partial charge on any atom is 0.0243 e. The fourth-order valence-electron chi connectivity index (χ4n) is 2.66. The minimum Gasteiger partial charge on any atom is -0.314 e. The Labute approximate surface area is 105 Å². The van der Waals surface area contributed by atoms with E-state index in [1.54, 1.807) is 0 Å². The highest BCUT2D eigenvalue weighted by molar-refractivity contribution is 5.23. The molecule has 0 unspecified atom stereocenters. The number of likely N-dealkylation sites (tertiary alicyclic amines) is 1. The SMILES string of the molecule is CNC1(Cc2ccc(C)cc2)CCN(C)CC1. The molecule has 1 heterocycles. The molecule has 0 atom stereocenters. The average molecular weight is 232 g/mol. The van der Waals surface area contributed by atoms with Crippen molar-refractivity contribution in [2.75, 3.05) is 27.2 Å². The van der Waals surface area contributed by atoms with Gasteiger partial charge in [0.15, 0.2) is 0 Å². The van der Waals surface area contributed by atoms with Gasteiger partial charge in [-0.05, 0) is 58.9 Å². The summed E-state index contributed by atoms with van der Waals surface area (Å²) < 4.78 is 0. The fourth-order valence-corrected chi connectivity index (χ4v) is 2.66. The van der Waals surface area contributed by atoms with E-state index in [0.29, 0.717) is 5.54 Å². The highest BCUT2D eigenvalue weighted by Crippen LogP contribution is 2.25. The van der Waals surface area contributed by atoms with Crippen LogP contribution in [0, 0.1) is 6.92 Å². The Hall–Kier alpha value is -0.860. The molecule has 1 aliphatic heterocycles. The van der Waals surface area contributed by atoms with E-state index in [0.717, 1.165) is 6.42 Å². The average Bonchev–Trinajstić information content (AvgIpc) is 2.35. The summed E-state index contributed by atoms with van der Waals surface area (Å²) in [4.78, 5) is 2.42. The lowest BCUT2D eigenvalue weighted by atomic mass is 9.82. The van der Waals surface area contributed by atoms with E-state index in [2.05, 4.69) is 55.5 Å². The predicted octanol–water partition coefficient (Wildman–Crippen LogP) is 2.22. The normalized spacial score (nSPS) is 20.4. The van der Waals surface area contributed by atoms with E-state index in [1.807, 2.05) is 0 Å². The van der Waals surface area contributed by atoms with E-state index in [4.69, 9.17) is 0 Å². The summed E-state index contributed by atoms with van der Waals surface area (Å²) >= 11 is 0. The van der Waals surface area contributed by atoms with Crippen LogP contribution < -0.4 is 5.32 Å². The van der Waals surface area contributed by atoms with Crippen LogP contribution in [0.3, 0.4) is 0 Å². The number of hydrogen-bond donors (Lipinski definition) is 1. The zero-order valence-corrected chi connectivity index (χ0v) is 11.3. The smallest absolute Gasteiger partial charge is 0.0243 e. The van der Waals surface area contributed by atoms with E-state index in [9.17, 15) is 0 Å². The van der Waals surface area contributed by atoms with Crippen molar-refractivity contribution in [3.05, 3.63) is 35.4 Å². The van der Waals surface area contributed by atoms with Crippen LogP contribution in [-0.2, 0) is 6.42 Å². The molecule has 0 aliphatic carbocycles. The van der Waals surface area contributed by atoms with Gasteiger partial charge in [0.05, 0.1) is 0 Å². The van der Waals surface area contributed by atoms with Crippen LogP contribution in [0.4, 0.5) is 0 Å². The monoisotopic (exact) mass is 232 g/mol. The Morgan fingerprint density at radius 2 is 1.76 bits per heavy atom. The Morgan fingerprint density at radius 1 is 1.18 bits per heavy atom. The zero-order valence-electron chi connectivity index (χ0n) is 11.3. The molecule has 0 bridgehead atoms. The fraction of sp³-hybridized carbons (Fsp3) is 0.600. The summed E-state index contributed by atoms with van der Waals surface area (Å²) in [5.74, 6) is 0. The topological polar surface area (TPSA) is 15.3 Å². The Kier molecular flexibility index (Phi) is 3.85. The number of nitrogens with one attached hydrogen (secondary N) is 1. The quantitative estimate of drug-likeness (QED) is 0.859. The van der Waals surface area contributed by atoms with Crippen molar-refractivity contribution < 1.29 is 0 Å². The van der Waals surface area contributed by atoms with Gasteiger partial charge in [0.1, 0.15) is 0 Å². The van der Waals surface area contributed by atoms with Crippen molar-refractivity contribution >= 4 is 0 Å². The molecule has 0 spiro atoms. The van der Waals surface area contributed by atoms with Gasteiger partial charge in [0.2, 0.25) is 0 Å². The van der Waals surface area contributed by atoms with Crippen LogP contribution in [-0.4, -0.2) is 37.6 Å². The molecule has 0 saturated carbocycles. The van der Waals surface area contributed by atoms with Crippen LogP contribution >= 0.6 is 0 Å². The van der Waals surface area contributed by atoms with Gasteiger partial charge in [-0.3, -0.25) is 0 Å². The molecule has 2 heteroatoms. The van der Waals surface area contributed by atoms with E-state index >= 15 is 0 Å². The molecule has 1 aliphatic rings. The Balaban J connectivity index is 2.06. The van der Waals surface area contributed by atoms with E-state index < -0.39 is 0 Å². The Bertz CT molecular complexity index is 348. The molecule has 1 fully saturated rings. The highest BCUT2D eigenvalue weighted by Gasteiger charge is 2.31. The highest BCUT2D eigenvalue weighted by atomic mass is 15.1. The van der Waals surface area contributed by atoms with Crippen molar-refractivity contribution in [2.24, 2.45) is 0 Å². The largest absolute Gasteiger partial charge is 0.314 e. The minimum atomic E-state index is 0.307. The maximum atomic E-state index is 3.57. The number of likely N-dealkylation sites (N-methyl/N-ethyl adjacent to an activating group) is 1. The van der Waals surface area contributed by atoms with E-state index in [1.165, 1.54) is 37.1 Å². The Morgan fingerprint density at radius 3 is 2.29 bits per heavy atom. The van der Waals surface area contributed by atoms with Gasteiger partial charge >= 0.3 is 0 Å². The molecule has 0 aromatic heterocycles. The zero-order chi connectivity index (χ0) is 12.3. The molecular weight excluding hydrogens is 208 g/mol. The van der Waals surface area contributed by atoms with Crippen LogP contribution in [0.15, 0.2) is 24.3 Å². The number of nitrogens with zero attached hydrogens (tertiary/aromatic N) is 1. The van der Waals surface area contributed by atoms with Crippen molar-refractivity contribution in [3.8, 4) is 0 Å². The van der Waals surface area contributed by atoms with Gasteiger partial charge in [0, 0.05) is 5.54 Å². The summed E-state index contributed by atoms with van der Waals surface area (Å²) in [5.41, 5.74) is 3.10. The second-order valence-electron chi connectivity index (χ2n) is 5.50. The summed E-state index contributed by atoms with van der Waals surface area (Å²) in [6.07, 6.45) is 3.64. The van der Waals surface area contributed by atoms with Crippen LogP contribution in [0.25, 0.3) is 0 Å². The van der Waals surface area contributed by atoms with Crippen LogP contribution in [0.2, 0.25) is 0 Å². The first kappa shape index (κ1) is 12.6.